The van der Waals surface area contributed by atoms with Crippen LogP contribution in [0.3, 0.4) is 0 Å². The summed E-state index contributed by atoms with van der Waals surface area (Å²) in [5.74, 6) is -0.833. The van der Waals surface area contributed by atoms with Crippen molar-refractivity contribution in [1.82, 2.24) is 0 Å². The number of nitriles is 1. The van der Waals surface area contributed by atoms with E-state index in [2.05, 4.69) is 0 Å². The van der Waals surface area contributed by atoms with E-state index in [1.807, 2.05) is 0 Å². The van der Waals surface area contributed by atoms with Crippen LogP contribution in [0, 0.1) is 11.5 Å². The minimum atomic E-state index is -0.833. The summed E-state index contributed by atoms with van der Waals surface area (Å²) in [7, 11) is 0. The third kappa shape index (κ3) is 1190. The molecule has 0 saturated heterocycles. The second-order valence-corrected chi connectivity index (χ2v) is 0.610. The van der Waals surface area contributed by atoms with Crippen LogP contribution in [0.5, 0.6) is 0 Å². The van der Waals surface area contributed by atoms with Crippen LogP contribution in [-0.2, 0) is 4.79 Å². The van der Waals surface area contributed by atoms with E-state index >= 15 is 0 Å². The molecule has 0 spiro atoms. The standard InChI is InChI=1S/C2H4O2.CHNO.K/c1-2(3)4;2-1-3;/h1H3,(H,3,4);3H;/q;;+1/p-1. The van der Waals surface area contributed by atoms with Crippen LogP contribution in [0.2, 0.25) is 0 Å². The number of hydrogen-bond donors (Lipinski definition) is 1. The molecule has 0 atom stereocenters. The number of carbonyl (C=O) groups is 1. The Balaban J connectivity index is -0.0000000575. The average Bonchev–Trinajstić information content (AvgIpc) is 1.33. The Morgan fingerprint density at radius 3 is 1.88 bits per heavy atom. The van der Waals surface area contributed by atoms with Gasteiger partial charge in [-0.2, -0.15) is 0 Å². The molecule has 4 nitrogen and oxygen atoms in total. The number of carboxylic acids is 1. The summed E-state index contributed by atoms with van der Waals surface area (Å²) in [6.45, 7) is 1.08. The molecule has 8 heavy (non-hydrogen) atoms. The monoisotopic (exact) mass is 141 g/mol. The Hall–Kier alpha value is 0.396. The van der Waals surface area contributed by atoms with E-state index < -0.39 is 5.97 Å². The molecule has 0 unspecified atom stereocenters. The fourth-order valence-corrected chi connectivity index (χ4v) is 0. The largest absolute Gasteiger partial charge is 1.00 e. The van der Waals surface area contributed by atoms with Gasteiger partial charge in [-0.1, -0.05) is 0 Å². The van der Waals surface area contributed by atoms with Gasteiger partial charge in [0.05, 0.1) is 0 Å². The third-order valence-electron chi connectivity index (χ3n) is 0. The van der Waals surface area contributed by atoms with Gasteiger partial charge in [-0.05, 0) is 0 Å². The van der Waals surface area contributed by atoms with Gasteiger partial charge in [0.1, 0.15) is 0 Å². The quantitative estimate of drug-likeness (QED) is 0.275. The van der Waals surface area contributed by atoms with Crippen molar-refractivity contribution < 1.29 is 66.4 Å². The zero-order valence-electron chi connectivity index (χ0n) is 4.71. The van der Waals surface area contributed by atoms with Gasteiger partial charge in [0.25, 0.3) is 5.97 Å². The fraction of sp³-hybridized carbons (Fsp3) is 0.333. The molecule has 0 aliphatic rings. The molecule has 1 N–H and O–H groups in total. The van der Waals surface area contributed by atoms with Crippen molar-refractivity contribution in [2.45, 2.75) is 6.92 Å². The molecular weight excluding hydrogens is 137 g/mol. The number of rotatable bonds is 0. The van der Waals surface area contributed by atoms with E-state index in [0.29, 0.717) is 6.26 Å². The molecule has 0 rings (SSSR count). The van der Waals surface area contributed by atoms with Gasteiger partial charge in [0.2, 0.25) is 0 Å². The molecule has 0 aromatic carbocycles. The number of nitrogens with zero attached hydrogens (tertiary/aromatic N) is 1. The average molecular weight is 141 g/mol. The molecule has 5 heteroatoms. The molecule has 40 valence electrons. The first-order valence-electron chi connectivity index (χ1n) is 1.36. The van der Waals surface area contributed by atoms with Gasteiger partial charge in [0, 0.05) is 13.2 Å². The Bertz CT molecular complexity index is 83.0. The second-order valence-electron chi connectivity index (χ2n) is 0.610. The molecular formula is C3H4KNO3. The normalized spacial score (nSPS) is 4.00. The minimum Gasteiger partial charge on any atom is -0.812 e. The summed E-state index contributed by atoms with van der Waals surface area (Å²) in [6.07, 6.45) is 0.500. The van der Waals surface area contributed by atoms with Gasteiger partial charge < -0.3 is 10.2 Å². The van der Waals surface area contributed by atoms with Crippen LogP contribution in [0.15, 0.2) is 0 Å². The maximum absolute atomic E-state index is 9.00. The fourth-order valence-electron chi connectivity index (χ4n) is 0. The summed E-state index contributed by atoms with van der Waals surface area (Å²) in [6, 6.07) is 0. The number of hydrogen-bond acceptors (Lipinski definition) is 3. The Labute approximate surface area is 89.5 Å². The molecule has 0 aliphatic carbocycles. The molecule has 0 bridgehead atoms. The van der Waals surface area contributed by atoms with E-state index in [4.69, 9.17) is 20.3 Å². The Morgan fingerprint density at radius 2 is 1.88 bits per heavy atom. The maximum atomic E-state index is 9.00. The van der Waals surface area contributed by atoms with Crippen LogP contribution in [0.25, 0.3) is 0 Å². The second kappa shape index (κ2) is 15.7. The van der Waals surface area contributed by atoms with Crippen molar-refractivity contribution in [2.75, 3.05) is 0 Å². The minimum absolute atomic E-state index is 0. The number of aliphatic carboxylic acids is 1. The topological polar surface area (TPSA) is 84.1 Å². The molecule has 0 aromatic rings. The Kier molecular flexibility index (Phi) is 30.9. The number of carboxylic acid groups (broad SMARTS) is 1. The predicted molar refractivity (Wildman–Crippen MR) is 18.9 cm³/mol. The smallest absolute Gasteiger partial charge is 0.812 e. The first-order chi connectivity index (χ1) is 3.15. The van der Waals surface area contributed by atoms with E-state index in [9.17, 15) is 0 Å². The summed E-state index contributed by atoms with van der Waals surface area (Å²) < 4.78 is 0. The predicted octanol–water partition coefficient (Wildman–Crippen LogP) is -4.08. The van der Waals surface area contributed by atoms with Crippen molar-refractivity contribution in [1.29, 1.82) is 5.26 Å². The van der Waals surface area contributed by atoms with Gasteiger partial charge in [0.15, 0.2) is 0 Å². The van der Waals surface area contributed by atoms with E-state index in [1.165, 1.54) is 0 Å². The molecule has 0 heterocycles. The first kappa shape index (κ1) is 15.8. The van der Waals surface area contributed by atoms with Crippen molar-refractivity contribution in [3.05, 3.63) is 0 Å². The first-order valence-corrected chi connectivity index (χ1v) is 1.36. The van der Waals surface area contributed by atoms with Crippen molar-refractivity contribution >= 4 is 5.97 Å². The molecule has 0 radical (unpaired) electrons. The molecule has 0 amide bonds. The molecule has 0 fully saturated rings. The van der Waals surface area contributed by atoms with E-state index in [-0.39, 0.29) is 51.4 Å². The Morgan fingerprint density at radius 1 is 1.88 bits per heavy atom. The zero-order chi connectivity index (χ0) is 6.28. The van der Waals surface area contributed by atoms with Crippen LogP contribution in [-0.4, -0.2) is 11.1 Å². The third-order valence-corrected chi connectivity index (χ3v) is 0. The van der Waals surface area contributed by atoms with E-state index in [1.54, 1.807) is 0 Å². The van der Waals surface area contributed by atoms with Gasteiger partial charge in [-0.3, -0.25) is 4.79 Å². The summed E-state index contributed by atoms with van der Waals surface area (Å²) in [5.41, 5.74) is 0. The van der Waals surface area contributed by atoms with Gasteiger partial charge in [-0.15, -0.1) is 0 Å². The van der Waals surface area contributed by atoms with Gasteiger partial charge >= 0.3 is 51.4 Å². The van der Waals surface area contributed by atoms with Crippen LogP contribution in [0.4, 0.5) is 0 Å². The molecule has 0 aliphatic heterocycles. The van der Waals surface area contributed by atoms with Crippen LogP contribution in [0.1, 0.15) is 6.92 Å². The zero-order valence-corrected chi connectivity index (χ0v) is 7.83. The van der Waals surface area contributed by atoms with Crippen molar-refractivity contribution in [3.63, 3.8) is 0 Å². The molecule has 0 saturated carbocycles. The summed E-state index contributed by atoms with van der Waals surface area (Å²) in [5, 5.41) is 22.4. The molecule has 0 aromatic heterocycles. The van der Waals surface area contributed by atoms with Crippen LogP contribution < -0.4 is 56.5 Å². The summed E-state index contributed by atoms with van der Waals surface area (Å²) >= 11 is 0. The van der Waals surface area contributed by atoms with Crippen molar-refractivity contribution in [3.8, 4) is 6.26 Å². The van der Waals surface area contributed by atoms with Crippen LogP contribution >= 0.6 is 0 Å². The van der Waals surface area contributed by atoms with Gasteiger partial charge in [-0.25, -0.2) is 5.26 Å². The summed E-state index contributed by atoms with van der Waals surface area (Å²) in [4.78, 5) is 9.00. The SMILES string of the molecule is CC(=O)O.N#C[O-].[K+]. The van der Waals surface area contributed by atoms with E-state index in [0.717, 1.165) is 6.92 Å². The maximum Gasteiger partial charge on any atom is 1.00 e. The van der Waals surface area contributed by atoms with Crippen molar-refractivity contribution in [2.24, 2.45) is 0 Å².